The Morgan fingerprint density at radius 3 is 2.67 bits per heavy atom. The van der Waals surface area contributed by atoms with Crippen LogP contribution in [0.25, 0.3) is 10.9 Å². The van der Waals surface area contributed by atoms with Gasteiger partial charge in [0.15, 0.2) is 0 Å². The van der Waals surface area contributed by atoms with Crippen molar-refractivity contribution in [3.8, 4) is 0 Å². The number of hydrogen-bond acceptors (Lipinski definition) is 5. The summed E-state index contributed by atoms with van der Waals surface area (Å²) in [5.74, 6) is -3.95. The molecule has 33 heavy (non-hydrogen) atoms. The van der Waals surface area contributed by atoms with E-state index in [0.717, 1.165) is 42.5 Å². The maximum absolute atomic E-state index is 15.1. The van der Waals surface area contributed by atoms with Gasteiger partial charge in [-0.3, -0.25) is 19.6 Å². The molecule has 5 rings (SSSR count). The number of amides is 2. The molecule has 4 heterocycles. The lowest BCUT2D eigenvalue weighted by molar-refractivity contribution is -0.134. The number of fused-ring (bicyclic) bond motifs is 1. The fourth-order valence-electron chi connectivity index (χ4n) is 5.70. The van der Waals surface area contributed by atoms with Crippen molar-refractivity contribution in [1.82, 2.24) is 20.4 Å². The number of piperidine rings is 3. The largest absolute Gasteiger partial charge is 0.365 e. The summed E-state index contributed by atoms with van der Waals surface area (Å²) in [7, 11) is 1.79. The molecule has 7 nitrogen and oxygen atoms in total. The highest BCUT2D eigenvalue weighted by molar-refractivity contribution is 6.02. The Bertz CT molecular complexity index is 1060. The van der Waals surface area contributed by atoms with Crippen molar-refractivity contribution in [2.24, 2.45) is 18.9 Å². The molecule has 0 radical (unpaired) electrons. The monoisotopic (exact) mass is 459 g/mol. The fourth-order valence-corrected chi connectivity index (χ4v) is 5.70. The van der Waals surface area contributed by atoms with Crippen LogP contribution >= 0.6 is 0 Å². The van der Waals surface area contributed by atoms with E-state index in [1.807, 2.05) is 18.2 Å². The van der Waals surface area contributed by atoms with E-state index in [9.17, 15) is 9.59 Å². The van der Waals surface area contributed by atoms with Crippen LogP contribution in [0.15, 0.2) is 18.2 Å². The Morgan fingerprint density at radius 2 is 1.94 bits per heavy atom. The first-order valence-electron chi connectivity index (χ1n) is 12.0. The highest BCUT2D eigenvalue weighted by Crippen LogP contribution is 2.41. The van der Waals surface area contributed by atoms with Crippen LogP contribution in [0.4, 0.5) is 14.5 Å². The first kappa shape index (κ1) is 22.3. The lowest BCUT2D eigenvalue weighted by Crippen LogP contribution is -2.49. The topological polar surface area (TPSA) is 79.3 Å². The van der Waals surface area contributed by atoms with Crippen molar-refractivity contribution in [2.45, 2.75) is 50.4 Å². The quantitative estimate of drug-likeness (QED) is 0.688. The fraction of sp³-hybridized carbons (Fsp3) is 0.625. The Kier molecular flexibility index (Phi) is 5.84. The predicted molar refractivity (Wildman–Crippen MR) is 121 cm³/mol. The molecule has 178 valence electrons. The summed E-state index contributed by atoms with van der Waals surface area (Å²) in [5.41, 5.74) is 2.18. The van der Waals surface area contributed by atoms with Gasteiger partial charge in [-0.1, -0.05) is 0 Å². The number of benzene rings is 1. The number of carbonyl (C=O) groups excluding carboxylic acids is 2. The molecular formula is C24H31F2N5O2. The van der Waals surface area contributed by atoms with Gasteiger partial charge in [-0.2, -0.15) is 5.10 Å². The van der Waals surface area contributed by atoms with Crippen LogP contribution in [0.3, 0.4) is 0 Å². The minimum absolute atomic E-state index is 0.261. The van der Waals surface area contributed by atoms with Gasteiger partial charge in [-0.05, 0) is 69.3 Å². The zero-order valence-electron chi connectivity index (χ0n) is 18.9. The van der Waals surface area contributed by atoms with Gasteiger partial charge in [0.05, 0.1) is 23.7 Å². The third-order valence-electron chi connectivity index (χ3n) is 7.62. The van der Waals surface area contributed by atoms with Gasteiger partial charge in [0.2, 0.25) is 11.8 Å². The Balaban J connectivity index is 1.34. The molecular weight excluding hydrogens is 428 g/mol. The molecule has 1 aromatic heterocycles. The summed E-state index contributed by atoms with van der Waals surface area (Å²) in [6.07, 6.45) is 3.79. The summed E-state index contributed by atoms with van der Waals surface area (Å²) < 4.78 is 31.9. The first-order valence-corrected chi connectivity index (χ1v) is 12.0. The summed E-state index contributed by atoms with van der Waals surface area (Å²) in [5, 5.41) is 11.1. The van der Waals surface area contributed by atoms with E-state index in [-0.39, 0.29) is 24.8 Å². The summed E-state index contributed by atoms with van der Waals surface area (Å²) >= 11 is 0. The van der Waals surface area contributed by atoms with Gasteiger partial charge < -0.3 is 10.2 Å². The normalized spacial score (nSPS) is 26.6. The van der Waals surface area contributed by atoms with Crippen molar-refractivity contribution < 1.29 is 18.4 Å². The highest BCUT2D eigenvalue weighted by atomic mass is 19.3. The minimum atomic E-state index is -2.72. The van der Waals surface area contributed by atoms with Crippen molar-refractivity contribution >= 4 is 28.4 Å². The van der Waals surface area contributed by atoms with Crippen LogP contribution in [0.2, 0.25) is 0 Å². The molecule has 2 N–H and O–H groups in total. The number of aromatic nitrogens is 2. The molecule has 0 bridgehead atoms. The number of hydrogen-bond donors (Lipinski definition) is 2. The van der Waals surface area contributed by atoms with Gasteiger partial charge in [0, 0.05) is 37.0 Å². The molecule has 0 aliphatic carbocycles. The maximum Gasteiger partial charge on any atom is 0.268 e. The van der Waals surface area contributed by atoms with Crippen molar-refractivity contribution in [1.29, 1.82) is 0 Å². The average Bonchev–Trinajstić information content (AvgIpc) is 3.11. The lowest BCUT2D eigenvalue weighted by Gasteiger charge is -2.41. The Hall–Kier alpha value is -2.55. The van der Waals surface area contributed by atoms with E-state index in [0.29, 0.717) is 37.4 Å². The highest BCUT2D eigenvalue weighted by Gasteiger charge is 2.45. The van der Waals surface area contributed by atoms with E-state index in [1.165, 1.54) is 0 Å². The second-order valence-electron chi connectivity index (χ2n) is 9.81. The number of rotatable bonds is 4. The van der Waals surface area contributed by atoms with Crippen LogP contribution in [-0.4, -0.2) is 53.7 Å². The molecule has 9 heteroatoms. The molecule has 1 aromatic carbocycles. The number of imide groups is 1. The molecule has 2 amide bonds. The number of anilines is 1. The molecule has 0 saturated carbocycles. The van der Waals surface area contributed by atoms with Gasteiger partial charge >= 0.3 is 0 Å². The number of aryl methyl sites for hydroxylation is 1. The van der Waals surface area contributed by atoms with Crippen LogP contribution in [-0.2, 0) is 16.6 Å². The van der Waals surface area contributed by atoms with E-state index < -0.39 is 17.8 Å². The second kappa shape index (κ2) is 8.66. The van der Waals surface area contributed by atoms with E-state index in [2.05, 4.69) is 15.7 Å². The summed E-state index contributed by atoms with van der Waals surface area (Å²) in [6, 6.07) is 5.61. The van der Waals surface area contributed by atoms with Crippen LogP contribution in [0, 0.1) is 11.8 Å². The smallest absolute Gasteiger partial charge is 0.268 e. The van der Waals surface area contributed by atoms with Crippen LogP contribution in [0.1, 0.15) is 50.1 Å². The molecule has 0 spiro atoms. The lowest BCUT2D eigenvalue weighted by atomic mass is 9.81. The van der Waals surface area contributed by atoms with E-state index >= 15 is 8.78 Å². The zero-order chi connectivity index (χ0) is 23.2. The molecule has 3 aliphatic rings. The van der Waals surface area contributed by atoms with Crippen molar-refractivity contribution in [3.05, 3.63) is 23.9 Å². The van der Waals surface area contributed by atoms with Gasteiger partial charge in [-0.15, -0.1) is 0 Å². The third kappa shape index (κ3) is 4.35. The van der Waals surface area contributed by atoms with Gasteiger partial charge in [0.25, 0.3) is 5.92 Å². The maximum atomic E-state index is 15.1. The number of halogens is 2. The number of alkyl halides is 2. The first-order chi connectivity index (χ1) is 15.8. The molecule has 3 aliphatic heterocycles. The van der Waals surface area contributed by atoms with Crippen LogP contribution in [0.5, 0.6) is 0 Å². The van der Waals surface area contributed by atoms with Crippen LogP contribution < -0.4 is 15.5 Å². The summed E-state index contributed by atoms with van der Waals surface area (Å²) in [4.78, 5) is 25.6. The van der Waals surface area contributed by atoms with Crippen molar-refractivity contribution in [2.75, 3.05) is 31.1 Å². The number of nitrogens with one attached hydrogen (secondary N) is 2. The Labute approximate surface area is 191 Å². The molecule has 3 saturated heterocycles. The number of nitrogens with zero attached hydrogens (tertiary/aromatic N) is 3. The molecule has 2 atom stereocenters. The third-order valence-corrected chi connectivity index (χ3v) is 7.62. The predicted octanol–water partition coefficient (Wildman–Crippen LogP) is 2.94. The molecule has 2 unspecified atom stereocenters. The van der Waals surface area contributed by atoms with E-state index in [1.54, 1.807) is 16.6 Å². The SMILES string of the molecule is Cn1nc(C2CCC(=O)NC2=O)c2ccc(N3CCC(CC4CCNCC4)C(F)(F)C3)cc21. The van der Waals surface area contributed by atoms with Gasteiger partial charge in [-0.25, -0.2) is 8.78 Å². The molecule has 2 aromatic rings. The second-order valence-corrected chi connectivity index (χ2v) is 9.81. The Morgan fingerprint density at radius 1 is 1.15 bits per heavy atom. The average molecular weight is 460 g/mol. The molecule has 3 fully saturated rings. The van der Waals surface area contributed by atoms with E-state index in [4.69, 9.17) is 0 Å². The van der Waals surface area contributed by atoms with Gasteiger partial charge in [0.1, 0.15) is 0 Å². The number of carbonyl (C=O) groups is 2. The summed E-state index contributed by atoms with van der Waals surface area (Å²) in [6.45, 7) is 2.20. The standard InChI is InChI=1S/C24H31F2N5O2/c1-30-20-13-17(2-3-18(20)22(29-30)19-4-5-21(32)28-23(19)33)31-11-8-16(24(25,26)14-31)12-15-6-9-27-10-7-15/h2-3,13,15-16,19,27H,4-12,14H2,1H3,(H,28,32,33). The minimum Gasteiger partial charge on any atom is -0.365 e. The zero-order valence-corrected chi connectivity index (χ0v) is 18.9. The van der Waals surface area contributed by atoms with Crippen molar-refractivity contribution in [3.63, 3.8) is 0 Å².